The monoisotopic (exact) mass is 993 g/mol. The van der Waals surface area contributed by atoms with Crippen molar-refractivity contribution >= 4 is 27.6 Å². The molecule has 0 aliphatic rings. The van der Waals surface area contributed by atoms with Crippen molar-refractivity contribution in [3.05, 3.63) is 48.6 Å². The molecule has 0 amide bonds. The van der Waals surface area contributed by atoms with Gasteiger partial charge >= 0.3 is 27.6 Å². The minimum atomic E-state index is -4.88. The molecule has 0 spiro atoms. The molecule has 5 N–H and O–H groups in total. The van der Waals surface area contributed by atoms with E-state index in [9.17, 15) is 33.8 Å². The molecule has 16 heteroatoms. The van der Waals surface area contributed by atoms with Crippen molar-refractivity contribution in [3.63, 3.8) is 0 Å². The van der Waals surface area contributed by atoms with E-state index < -0.39 is 72.3 Å². The van der Waals surface area contributed by atoms with Gasteiger partial charge < -0.3 is 34.4 Å². The van der Waals surface area contributed by atoms with Crippen molar-refractivity contribution in [1.29, 1.82) is 0 Å². The molecule has 392 valence electrons. The summed E-state index contributed by atoms with van der Waals surface area (Å²) in [4.78, 5) is 52.9. The molecule has 0 fully saturated rings. The number of hydrogen-bond acceptors (Lipinski definition) is 11. The molecule has 0 radical (unpaired) electrons. The van der Waals surface area contributed by atoms with Gasteiger partial charge in [0.2, 0.25) is 0 Å². The van der Waals surface area contributed by atoms with Crippen molar-refractivity contribution in [2.75, 3.05) is 26.4 Å². The van der Waals surface area contributed by atoms with Gasteiger partial charge in [0.15, 0.2) is 6.10 Å². The van der Waals surface area contributed by atoms with E-state index >= 15 is 0 Å². The third-order valence-corrected chi connectivity index (χ3v) is 12.8. The number of phosphoric acid groups is 2. The van der Waals surface area contributed by atoms with Crippen LogP contribution in [0.3, 0.4) is 0 Å². The molecule has 0 aromatic carbocycles. The first-order valence-electron chi connectivity index (χ1n) is 25.8. The molecule has 5 atom stereocenters. The maximum atomic E-state index is 12.7. The Kier molecular flexibility index (Phi) is 43.9. The Morgan fingerprint density at radius 1 is 0.552 bits per heavy atom. The average molecular weight is 993 g/mol. The van der Waals surface area contributed by atoms with Crippen LogP contribution < -0.4 is 0 Å². The molecule has 14 nitrogen and oxygen atoms in total. The van der Waals surface area contributed by atoms with Gasteiger partial charge in [-0.25, -0.2) is 9.13 Å². The summed E-state index contributed by atoms with van der Waals surface area (Å²) in [5, 5.41) is 19.9. The number of phosphoric ester groups is 2. The van der Waals surface area contributed by atoms with Crippen molar-refractivity contribution < 1.29 is 66.7 Å². The lowest BCUT2D eigenvalue weighted by Crippen LogP contribution is -2.30. The summed E-state index contributed by atoms with van der Waals surface area (Å²) >= 11 is 0. The highest BCUT2D eigenvalue weighted by Crippen LogP contribution is 2.44. The third kappa shape index (κ3) is 48.8. The number of allylic oxidation sites excluding steroid dienone is 6. The molecule has 0 aromatic heterocycles. The number of ether oxygens (including phenoxy) is 2. The molecule has 0 aliphatic carbocycles. The van der Waals surface area contributed by atoms with Crippen molar-refractivity contribution in [2.24, 2.45) is 5.92 Å². The fraction of sp³-hybridized carbons (Fsp3) is 0.804. The van der Waals surface area contributed by atoms with Gasteiger partial charge in [0, 0.05) is 12.8 Å². The van der Waals surface area contributed by atoms with Crippen LogP contribution in [0, 0.1) is 5.92 Å². The molecule has 0 bridgehead atoms. The summed E-state index contributed by atoms with van der Waals surface area (Å²) in [7, 11) is -9.72. The van der Waals surface area contributed by atoms with Gasteiger partial charge in [-0.15, -0.1) is 0 Å². The van der Waals surface area contributed by atoms with Crippen molar-refractivity contribution in [3.8, 4) is 0 Å². The quantitative estimate of drug-likeness (QED) is 0.0126. The summed E-state index contributed by atoms with van der Waals surface area (Å²) in [5.74, 6) is -0.253. The van der Waals surface area contributed by atoms with E-state index in [-0.39, 0.29) is 12.8 Å². The highest BCUT2D eigenvalue weighted by atomic mass is 31.2. The lowest BCUT2D eigenvalue weighted by Gasteiger charge is -2.20. The summed E-state index contributed by atoms with van der Waals surface area (Å²) in [6.07, 6.45) is 44.1. The first-order valence-corrected chi connectivity index (χ1v) is 28.9. The molecular weight excluding hydrogens is 898 g/mol. The predicted octanol–water partition coefficient (Wildman–Crippen LogP) is 13.0. The molecule has 0 aliphatic heterocycles. The Bertz CT molecular complexity index is 1400. The topological polar surface area (TPSA) is 216 Å². The highest BCUT2D eigenvalue weighted by molar-refractivity contribution is 7.47. The van der Waals surface area contributed by atoms with Crippen LogP contribution in [0.4, 0.5) is 0 Å². The smallest absolute Gasteiger partial charge is 0.462 e. The van der Waals surface area contributed by atoms with Gasteiger partial charge in [-0.05, 0) is 50.9 Å². The van der Waals surface area contributed by atoms with Gasteiger partial charge in [-0.3, -0.25) is 23.2 Å². The van der Waals surface area contributed by atoms with E-state index in [0.29, 0.717) is 32.1 Å². The second-order valence-corrected chi connectivity index (χ2v) is 20.6. The molecule has 0 rings (SSSR count). The number of aliphatic hydroxyl groups excluding tert-OH is 2. The summed E-state index contributed by atoms with van der Waals surface area (Å²) in [6.45, 7) is 4.00. The Morgan fingerprint density at radius 3 is 1.66 bits per heavy atom. The summed E-state index contributed by atoms with van der Waals surface area (Å²) in [6, 6.07) is 0. The number of rotatable bonds is 48. The van der Waals surface area contributed by atoms with Gasteiger partial charge in [-0.1, -0.05) is 204 Å². The van der Waals surface area contributed by atoms with Crippen LogP contribution in [0.25, 0.3) is 0 Å². The zero-order valence-corrected chi connectivity index (χ0v) is 43.6. The fourth-order valence-corrected chi connectivity index (χ4v) is 8.14. The molecule has 0 saturated carbocycles. The zero-order valence-electron chi connectivity index (χ0n) is 41.8. The first-order chi connectivity index (χ1) is 32.2. The number of esters is 2. The lowest BCUT2D eigenvalue weighted by atomic mass is 9.99. The van der Waals surface area contributed by atoms with Gasteiger partial charge in [0.25, 0.3) is 0 Å². The third-order valence-electron chi connectivity index (χ3n) is 11.3. The number of unbranched alkanes of at least 4 members (excludes halogenated alkanes) is 21. The Morgan fingerprint density at radius 2 is 1.07 bits per heavy atom. The van der Waals surface area contributed by atoms with E-state index in [4.69, 9.17) is 28.3 Å². The van der Waals surface area contributed by atoms with Crippen molar-refractivity contribution in [2.45, 2.75) is 232 Å². The van der Waals surface area contributed by atoms with E-state index in [1.165, 1.54) is 122 Å². The van der Waals surface area contributed by atoms with E-state index in [1.54, 1.807) is 6.08 Å². The number of carbonyl (C=O) groups excluding carboxylic acids is 2. The Hall–Kier alpha value is -1.96. The molecular formula is C51H94O14P2. The largest absolute Gasteiger partial charge is 0.472 e. The van der Waals surface area contributed by atoms with Crippen LogP contribution in [0.5, 0.6) is 0 Å². The first kappa shape index (κ1) is 65.0. The highest BCUT2D eigenvalue weighted by Gasteiger charge is 2.28. The minimum absolute atomic E-state index is 0.0858. The van der Waals surface area contributed by atoms with Gasteiger partial charge in [0.1, 0.15) is 12.7 Å². The number of carbonyl (C=O) groups is 2. The SMILES string of the molecule is CCCCC/C=C\C=C/[C@@H](O)C/C=C\C/C=C/CCCC(=O)OC[C@H](COP(=O)(O)OC[C@@H](O)COP(=O)(O)O)OC(=O)CCCCCCCCCCCCCCCCCCCCC(C)CC. The van der Waals surface area contributed by atoms with Crippen LogP contribution in [0.2, 0.25) is 0 Å². The maximum absolute atomic E-state index is 12.7. The summed E-state index contributed by atoms with van der Waals surface area (Å²) < 4.78 is 47.9. The molecule has 2 unspecified atom stereocenters. The number of hydrogen-bond donors (Lipinski definition) is 5. The lowest BCUT2D eigenvalue weighted by molar-refractivity contribution is -0.161. The van der Waals surface area contributed by atoms with Gasteiger partial charge in [-0.2, -0.15) is 0 Å². The molecule has 0 heterocycles. The fourth-order valence-electron chi connectivity index (χ4n) is 6.99. The van der Waals surface area contributed by atoms with Gasteiger partial charge in [0.05, 0.1) is 25.9 Å². The average Bonchev–Trinajstić information content (AvgIpc) is 3.29. The zero-order chi connectivity index (χ0) is 49.7. The predicted molar refractivity (Wildman–Crippen MR) is 268 cm³/mol. The Labute approximate surface area is 405 Å². The van der Waals surface area contributed by atoms with E-state index in [0.717, 1.165) is 31.6 Å². The Balaban J connectivity index is 4.50. The normalized spacial score (nSPS) is 15.2. The van der Waals surface area contributed by atoms with Crippen molar-refractivity contribution in [1.82, 2.24) is 0 Å². The minimum Gasteiger partial charge on any atom is -0.462 e. The van der Waals surface area contributed by atoms with E-state index in [1.807, 2.05) is 36.5 Å². The summed E-state index contributed by atoms with van der Waals surface area (Å²) in [5.41, 5.74) is 0. The van der Waals surface area contributed by atoms with Crippen LogP contribution in [-0.2, 0) is 41.8 Å². The number of aliphatic hydroxyl groups is 2. The maximum Gasteiger partial charge on any atom is 0.472 e. The standard InChI is InChI=1S/C51H94O14P2/c1-4-6-7-8-22-28-33-38-47(52)39-34-29-24-21-26-30-35-40-50(54)61-44-49(45-64-67(59,60)63-43-48(53)42-62-66(56,57)58)65-51(55)41-36-31-25-20-18-16-14-12-10-9-11-13-15-17-19-23-27-32-37-46(3)5-2/h21-22,26,28-29,33-34,38,46-49,52-53H,4-20,23-25,27,30-32,35-37,39-45H2,1-3H3,(H,59,60)(H2,56,57,58)/b26-21+,28-22-,34-29-,38-33-/t46?,47-,48+,49-/m1/s1. The van der Waals surface area contributed by atoms with Crippen LogP contribution in [-0.4, -0.2) is 81.6 Å². The molecule has 0 aromatic rings. The molecule has 67 heavy (non-hydrogen) atoms. The second kappa shape index (κ2) is 45.2. The van der Waals surface area contributed by atoms with Crippen LogP contribution in [0.15, 0.2) is 48.6 Å². The second-order valence-electron chi connectivity index (χ2n) is 17.9. The molecule has 0 saturated heterocycles. The van der Waals surface area contributed by atoms with Crippen LogP contribution in [0.1, 0.15) is 213 Å². The van der Waals surface area contributed by atoms with E-state index in [2.05, 4.69) is 31.4 Å². The van der Waals surface area contributed by atoms with Crippen LogP contribution >= 0.6 is 15.6 Å².